The number of hydrogen-bond acceptors (Lipinski definition) is 4. The second kappa shape index (κ2) is 7.64. The number of benzene rings is 1. The van der Waals surface area contributed by atoms with E-state index in [-0.39, 0.29) is 18.2 Å². The van der Waals surface area contributed by atoms with Gasteiger partial charge in [0, 0.05) is 11.8 Å². The summed E-state index contributed by atoms with van der Waals surface area (Å²) in [6.45, 7) is 4.61. The van der Waals surface area contributed by atoms with Gasteiger partial charge < -0.3 is 4.74 Å². The molecule has 122 valence electrons. The van der Waals surface area contributed by atoms with E-state index >= 15 is 0 Å². The molecular formula is C17H20FN3OS. The molecule has 0 radical (unpaired) electrons. The van der Waals surface area contributed by atoms with Crippen molar-refractivity contribution in [1.29, 1.82) is 0 Å². The minimum atomic E-state index is -0.372. The molecule has 0 saturated heterocycles. The van der Waals surface area contributed by atoms with Gasteiger partial charge in [-0.15, -0.1) is 16.8 Å². The molecule has 0 unspecified atom stereocenters. The Balaban J connectivity index is 1.72. The van der Waals surface area contributed by atoms with Gasteiger partial charge in [-0.3, -0.25) is 4.57 Å². The first-order valence-corrected chi connectivity index (χ1v) is 8.73. The van der Waals surface area contributed by atoms with Gasteiger partial charge in [-0.2, -0.15) is 0 Å². The van der Waals surface area contributed by atoms with Crippen LogP contribution < -0.4 is 4.74 Å². The third-order valence-corrected chi connectivity index (χ3v) is 5.19. The van der Waals surface area contributed by atoms with E-state index in [9.17, 15) is 4.39 Å². The molecule has 1 fully saturated rings. The zero-order valence-electron chi connectivity index (χ0n) is 12.9. The zero-order chi connectivity index (χ0) is 16.1. The monoisotopic (exact) mass is 333 g/mol. The van der Waals surface area contributed by atoms with E-state index in [4.69, 9.17) is 4.74 Å². The van der Waals surface area contributed by atoms with Crippen LogP contribution in [0, 0.1) is 5.82 Å². The van der Waals surface area contributed by atoms with Crippen molar-refractivity contribution >= 4 is 11.8 Å². The minimum Gasteiger partial charge on any atom is -0.483 e. The topological polar surface area (TPSA) is 39.9 Å². The molecule has 1 aliphatic rings. The van der Waals surface area contributed by atoms with Crippen LogP contribution in [0.25, 0.3) is 0 Å². The predicted octanol–water partition coefficient (Wildman–Crippen LogP) is 4.22. The van der Waals surface area contributed by atoms with Crippen molar-refractivity contribution in [3.63, 3.8) is 0 Å². The zero-order valence-corrected chi connectivity index (χ0v) is 13.8. The third-order valence-electron chi connectivity index (χ3n) is 3.87. The number of halogens is 1. The van der Waals surface area contributed by atoms with Crippen LogP contribution in [0.15, 0.2) is 42.1 Å². The first-order chi connectivity index (χ1) is 11.3. The number of nitrogens with zero attached hydrogens (tertiary/aromatic N) is 3. The Morgan fingerprint density at radius 1 is 1.30 bits per heavy atom. The lowest BCUT2D eigenvalue weighted by Crippen LogP contribution is -2.09. The second-order valence-electron chi connectivity index (χ2n) is 5.54. The van der Waals surface area contributed by atoms with Crippen LogP contribution in [0.3, 0.4) is 0 Å². The maximum atomic E-state index is 13.6. The van der Waals surface area contributed by atoms with Gasteiger partial charge in [0.15, 0.2) is 22.5 Å². The smallest absolute Gasteiger partial charge is 0.191 e. The Bertz CT molecular complexity index is 668. The number of rotatable bonds is 7. The van der Waals surface area contributed by atoms with Gasteiger partial charge in [-0.1, -0.05) is 42.8 Å². The highest BCUT2D eigenvalue weighted by Crippen LogP contribution is 2.34. The second-order valence-corrected chi connectivity index (χ2v) is 6.81. The quantitative estimate of drug-likeness (QED) is 0.711. The number of aromatic nitrogens is 3. The average molecular weight is 333 g/mol. The first kappa shape index (κ1) is 16.1. The van der Waals surface area contributed by atoms with Crippen LogP contribution in [0.5, 0.6) is 5.75 Å². The van der Waals surface area contributed by atoms with Crippen LogP contribution >= 0.6 is 11.8 Å². The summed E-state index contributed by atoms with van der Waals surface area (Å²) in [6, 6.07) is 6.37. The molecule has 23 heavy (non-hydrogen) atoms. The standard InChI is InChI=1S/C17H20FN3OS/c1-2-11-21-16(12-22-15-10-6-5-9-14(15)18)19-20-17(21)23-13-7-3-4-8-13/h2,5-6,9-10,13H,1,3-4,7-8,11-12H2. The van der Waals surface area contributed by atoms with E-state index in [1.165, 1.54) is 31.7 Å². The van der Waals surface area contributed by atoms with Crippen molar-refractivity contribution in [3.05, 3.63) is 48.6 Å². The fourth-order valence-corrected chi connectivity index (χ4v) is 3.95. The minimum absolute atomic E-state index is 0.187. The Morgan fingerprint density at radius 2 is 2.09 bits per heavy atom. The van der Waals surface area contributed by atoms with Crippen LogP contribution in [0.1, 0.15) is 31.5 Å². The average Bonchev–Trinajstić information content (AvgIpc) is 3.19. The lowest BCUT2D eigenvalue weighted by Gasteiger charge is -2.11. The predicted molar refractivity (Wildman–Crippen MR) is 89.1 cm³/mol. The molecule has 2 aromatic rings. The van der Waals surface area contributed by atoms with Gasteiger partial charge >= 0.3 is 0 Å². The van der Waals surface area contributed by atoms with Crippen LogP contribution in [0.2, 0.25) is 0 Å². The molecule has 0 N–H and O–H groups in total. The van der Waals surface area contributed by atoms with Gasteiger partial charge in [0.05, 0.1) is 0 Å². The summed E-state index contributed by atoms with van der Waals surface area (Å²) in [7, 11) is 0. The summed E-state index contributed by atoms with van der Waals surface area (Å²) < 4.78 is 21.2. The molecule has 0 bridgehead atoms. The number of allylic oxidation sites excluding steroid dienone is 1. The maximum absolute atomic E-state index is 13.6. The molecule has 1 aliphatic carbocycles. The van der Waals surface area contributed by atoms with E-state index in [2.05, 4.69) is 16.8 Å². The van der Waals surface area contributed by atoms with Crippen LogP contribution in [-0.2, 0) is 13.2 Å². The lowest BCUT2D eigenvalue weighted by atomic mass is 10.3. The number of thioether (sulfide) groups is 1. The molecule has 6 heteroatoms. The van der Waals surface area contributed by atoms with Gasteiger partial charge in [0.2, 0.25) is 0 Å². The van der Waals surface area contributed by atoms with E-state index in [0.29, 0.717) is 17.6 Å². The van der Waals surface area contributed by atoms with Crippen molar-refractivity contribution in [2.45, 2.75) is 49.2 Å². The molecule has 1 saturated carbocycles. The van der Waals surface area contributed by atoms with Crippen molar-refractivity contribution in [2.24, 2.45) is 0 Å². The molecule has 0 aliphatic heterocycles. The SMILES string of the molecule is C=CCn1c(COc2ccccc2F)nnc1SC1CCCC1. The maximum Gasteiger partial charge on any atom is 0.191 e. The number of ether oxygens (including phenoxy) is 1. The van der Waals surface area contributed by atoms with E-state index in [1.807, 2.05) is 10.6 Å². The first-order valence-electron chi connectivity index (χ1n) is 7.85. The molecule has 1 heterocycles. The largest absolute Gasteiger partial charge is 0.483 e. The summed E-state index contributed by atoms with van der Waals surface area (Å²) in [5.74, 6) is 0.544. The van der Waals surface area contributed by atoms with Crippen LogP contribution in [-0.4, -0.2) is 20.0 Å². The Labute approximate surface area is 139 Å². The van der Waals surface area contributed by atoms with Gasteiger partial charge in [0.25, 0.3) is 0 Å². The van der Waals surface area contributed by atoms with Crippen LogP contribution in [0.4, 0.5) is 4.39 Å². The summed E-state index contributed by atoms with van der Waals surface area (Å²) in [4.78, 5) is 0. The normalized spacial score (nSPS) is 15.0. The highest BCUT2D eigenvalue weighted by atomic mass is 32.2. The fourth-order valence-electron chi connectivity index (χ4n) is 2.68. The van der Waals surface area contributed by atoms with Gasteiger partial charge in [-0.05, 0) is 25.0 Å². The van der Waals surface area contributed by atoms with Crippen molar-refractivity contribution in [1.82, 2.24) is 14.8 Å². The van der Waals surface area contributed by atoms with E-state index in [1.54, 1.807) is 30.0 Å². The lowest BCUT2D eigenvalue weighted by molar-refractivity contribution is 0.275. The van der Waals surface area contributed by atoms with E-state index in [0.717, 1.165) is 5.16 Å². The highest BCUT2D eigenvalue weighted by Gasteiger charge is 2.21. The summed E-state index contributed by atoms with van der Waals surface area (Å²) in [6.07, 6.45) is 6.85. The van der Waals surface area contributed by atoms with Crippen molar-refractivity contribution in [3.8, 4) is 5.75 Å². The van der Waals surface area contributed by atoms with Gasteiger partial charge in [-0.25, -0.2) is 4.39 Å². The summed E-state index contributed by atoms with van der Waals surface area (Å²) >= 11 is 1.78. The van der Waals surface area contributed by atoms with Gasteiger partial charge in [0.1, 0.15) is 6.61 Å². The molecule has 1 aromatic carbocycles. The highest BCUT2D eigenvalue weighted by molar-refractivity contribution is 7.99. The molecule has 0 atom stereocenters. The third kappa shape index (κ3) is 3.93. The molecule has 3 rings (SSSR count). The summed E-state index contributed by atoms with van der Waals surface area (Å²) in [5, 5.41) is 10.0. The fraction of sp³-hybridized carbons (Fsp3) is 0.412. The Hall–Kier alpha value is -1.82. The summed E-state index contributed by atoms with van der Waals surface area (Å²) in [5.41, 5.74) is 0. The molecular weight excluding hydrogens is 313 g/mol. The van der Waals surface area contributed by atoms with Crippen molar-refractivity contribution in [2.75, 3.05) is 0 Å². The molecule has 1 aromatic heterocycles. The Morgan fingerprint density at radius 3 is 2.83 bits per heavy atom. The van der Waals surface area contributed by atoms with Crippen molar-refractivity contribution < 1.29 is 9.13 Å². The number of hydrogen-bond donors (Lipinski definition) is 0. The molecule has 0 amide bonds. The Kier molecular flexibility index (Phi) is 5.33. The molecule has 4 nitrogen and oxygen atoms in total. The van der Waals surface area contributed by atoms with E-state index < -0.39 is 0 Å². The molecule has 0 spiro atoms. The number of para-hydroxylation sites is 1.